The SMILES string of the molecule is Cc1cc(-c2cnn(C)c2)c(F)cc1Nc1ncc2c(n1)n([C@@H]1CC3(F)CC1C3)c(=O)n2C. The van der Waals surface area contributed by atoms with Crippen LogP contribution in [0.3, 0.4) is 0 Å². The third-order valence-corrected chi connectivity index (χ3v) is 7.12. The minimum atomic E-state index is -1.16. The molecule has 1 aromatic carbocycles. The van der Waals surface area contributed by atoms with Gasteiger partial charge < -0.3 is 5.32 Å². The Hall–Kier alpha value is -3.56. The van der Waals surface area contributed by atoms with Crippen molar-refractivity contribution >= 4 is 22.8 Å². The van der Waals surface area contributed by atoms with E-state index in [0.29, 0.717) is 47.2 Å². The van der Waals surface area contributed by atoms with E-state index in [2.05, 4.69) is 20.4 Å². The van der Waals surface area contributed by atoms with E-state index in [4.69, 9.17) is 0 Å². The van der Waals surface area contributed by atoms with Crippen molar-refractivity contribution < 1.29 is 8.78 Å². The van der Waals surface area contributed by atoms with Gasteiger partial charge in [-0.15, -0.1) is 0 Å². The number of aromatic nitrogens is 6. The van der Waals surface area contributed by atoms with Crippen molar-refractivity contribution in [1.29, 1.82) is 0 Å². The molecule has 3 fully saturated rings. The molecule has 10 heteroatoms. The van der Waals surface area contributed by atoms with Crippen LogP contribution in [0.15, 0.2) is 35.5 Å². The molecule has 3 heterocycles. The highest BCUT2D eigenvalue weighted by Crippen LogP contribution is 2.59. The maximum atomic E-state index is 14.9. The molecule has 1 atom stereocenters. The number of nitrogens with one attached hydrogen (secondary N) is 1. The second-order valence-corrected chi connectivity index (χ2v) is 9.38. The summed E-state index contributed by atoms with van der Waals surface area (Å²) in [4.78, 5) is 21.9. The Morgan fingerprint density at radius 3 is 2.64 bits per heavy atom. The van der Waals surface area contributed by atoms with Crippen molar-refractivity contribution in [2.45, 2.75) is 37.9 Å². The molecule has 3 aliphatic carbocycles. The van der Waals surface area contributed by atoms with Crippen LogP contribution in [0.2, 0.25) is 0 Å². The number of imidazole rings is 1. The highest BCUT2D eigenvalue weighted by atomic mass is 19.1. The first kappa shape index (κ1) is 20.1. The summed E-state index contributed by atoms with van der Waals surface area (Å²) in [6.07, 6.45) is 6.28. The Morgan fingerprint density at radius 1 is 1.18 bits per heavy atom. The Bertz CT molecular complexity index is 1480. The molecule has 0 radical (unpaired) electrons. The summed E-state index contributed by atoms with van der Waals surface area (Å²) in [7, 11) is 3.45. The Morgan fingerprint density at radius 2 is 1.97 bits per heavy atom. The van der Waals surface area contributed by atoms with Crippen LogP contribution in [0.5, 0.6) is 0 Å². The predicted molar refractivity (Wildman–Crippen MR) is 120 cm³/mol. The van der Waals surface area contributed by atoms with Gasteiger partial charge in [-0.25, -0.2) is 18.6 Å². The van der Waals surface area contributed by atoms with Crippen LogP contribution in [-0.2, 0) is 14.1 Å². The van der Waals surface area contributed by atoms with Gasteiger partial charge in [0, 0.05) is 49.6 Å². The van der Waals surface area contributed by atoms with E-state index in [1.807, 2.05) is 6.92 Å². The van der Waals surface area contributed by atoms with E-state index in [1.54, 1.807) is 48.0 Å². The van der Waals surface area contributed by atoms with E-state index < -0.39 is 11.5 Å². The van der Waals surface area contributed by atoms with Crippen LogP contribution in [0, 0.1) is 18.7 Å². The molecule has 7 rings (SSSR count). The molecule has 3 aliphatic rings. The first-order chi connectivity index (χ1) is 15.7. The molecule has 0 saturated heterocycles. The lowest BCUT2D eigenvalue weighted by molar-refractivity contribution is 0.0740. The third-order valence-electron chi connectivity index (χ3n) is 7.12. The molecule has 170 valence electrons. The maximum Gasteiger partial charge on any atom is 0.330 e. The van der Waals surface area contributed by atoms with Gasteiger partial charge in [0.05, 0.1) is 12.4 Å². The van der Waals surface area contributed by atoms with Crippen LogP contribution >= 0.6 is 0 Å². The van der Waals surface area contributed by atoms with Crippen molar-refractivity contribution in [3.05, 3.63) is 52.6 Å². The van der Waals surface area contributed by atoms with Crippen LogP contribution < -0.4 is 11.0 Å². The number of hydrogen-bond donors (Lipinski definition) is 1. The second-order valence-electron chi connectivity index (χ2n) is 9.38. The number of fused-ring (bicyclic) bond motifs is 2. The van der Waals surface area contributed by atoms with Gasteiger partial charge in [0.15, 0.2) is 5.65 Å². The summed E-state index contributed by atoms with van der Waals surface area (Å²) in [6.45, 7) is 1.87. The molecule has 0 amide bonds. The minimum absolute atomic E-state index is 0.154. The number of nitrogens with zero attached hydrogens (tertiary/aromatic N) is 6. The fraction of sp³-hybridized carbons (Fsp3) is 0.391. The van der Waals surface area contributed by atoms with Gasteiger partial charge in [0.2, 0.25) is 5.95 Å². The lowest BCUT2D eigenvalue weighted by Crippen LogP contribution is -2.31. The Kier molecular flexibility index (Phi) is 4.09. The van der Waals surface area contributed by atoms with E-state index in [9.17, 15) is 13.6 Å². The largest absolute Gasteiger partial charge is 0.330 e. The van der Waals surface area contributed by atoms with Crippen molar-refractivity contribution in [2.75, 3.05) is 5.32 Å². The van der Waals surface area contributed by atoms with Crippen molar-refractivity contribution in [1.82, 2.24) is 28.9 Å². The quantitative estimate of drug-likeness (QED) is 0.511. The topological polar surface area (TPSA) is 82.6 Å². The van der Waals surface area contributed by atoms with Crippen LogP contribution in [-0.4, -0.2) is 34.6 Å². The van der Waals surface area contributed by atoms with Gasteiger partial charge in [0.1, 0.15) is 17.0 Å². The molecule has 33 heavy (non-hydrogen) atoms. The summed E-state index contributed by atoms with van der Waals surface area (Å²) >= 11 is 0. The highest BCUT2D eigenvalue weighted by molar-refractivity contribution is 5.74. The fourth-order valence-electron chi connectivity index (χ4n) is 5.38. The third kappa shape index (κ3) is 3.00. The summed E-state index contributed by atoms with van der Waals surface area (Å²) in [5, 5.41) is 7.19. The molecule has 4 aromatic rings. The van der Waals surface area contributed by atoms with Crippen LogP contribution in [0.25, 0.3) is 22.3 Å². The fourth-order valence-corrected chi connectivity index (χ4v) is 5.38. The zero-order valence-corrected chi connectivity index (χ0v) is 18.5. The summed E-state index contributed by atoms with van der Waals surface area (Å²) in [5.74, 6) is 0.00703. The van der Waals surface area contributed by atoms with E-state index in [-0.39, 0.29) is 23.6 Å². The lowest BCUT2D eigenvalue weighted by atomic mass is 9.81. The summed E-state index contributed by atoms with van der Waals surface area (Å²) in [6, 6.07) is 2.95. The number of benzene rings is 1. The van der Waals surface area contributed by atoms with Crippen molar-refractivity contribution in [2.24, 2.45) is 20.0 Å². The monoisotopic (exact) mass is 451 g/mol. The zero-order valence-electron chi connectivity index (χ0n) is 18.5. The first-order valence-electron chi connectivity index (χ1n) is 10.9. The van der Waals surface area contributed by atoms with E-state index in [0.717, 1.165) is 5.56 Å². The average molecular weight is 451 g/mol. The normalized spacial score (nSPS) is 23.8. The van der Waals surface area contributed by atoms with Gasteiger partial charge in [0.25, 0.3) is 0 Å². The second kappa shape index (κ2) is 6.72. The molecule has 1 N–H and O–H groups in total. The number of alkyl halides is 1. The van der Waals surface area contributed by atoms with Crippen molar-refractivity contribution in [3.8, 4) is 11.1 Å². The predicted octanol–water partition coefficient (Wildman–Crippen LogP) is 3.78. The summed E-state index contributed by atoms with van der Waals surface area (Å²) in [5.41, 5.74) is 2.14. The lowest BCUT2D eigenvalue weighted by Gasteiger charge is -2.30. The molecular weight excluding hydrogens is 428 g/mol. The molecule has 0 spiro atoms. The number of hydrogen-bond acceptors (Lipinski definition) is 5. The van der Waals surface area contributed by atoms with Crippen molar-refractivity contribution in [3.63, 3.8) is 0 Å². The zero-order chi connectivity index (χ0) is 23.1. The van der Waals surface area contributed by atoms with Gasteiger partial charge in [-0.1, -0.05) is 0 Å². The van der Waals surface area contributed by atoms with Gasteiger partial charge in [-0.2, -0.15) is 10.1 Å². The standard InChI is InChI=1S/C23H23F2N7O/c1-12-4-15(14-9-27-30(2)11-14)16(24)5-17(12)28-21-26-10-19-20(29-21)32(22(33)31(19)3)18-8-23(25)6-13(18)7-23/h4-5,9-11,13,18H,6-8H2,1-3H3,(H,26,28,29)/t13?,18-,23?/m1/s1. The molecule has 3 saturated carbocycles. The molecular formula is C23H23F2N7O. The molecule has 8 nitrogen and oxygen atoms in total. The number of anilines is 2. The smallest absolute Gasteiger partial charge is 0.324 e. The number of rotatable bonds is 4. The maximum absolute atomic E-state index is 14.9. The van der Waals surface area contributed by atoms with Gasteiger partial charge >= 0.3 is 5.69 Å². The van der Waals surface area contributed by atoms with E-state index >= 15 is 0 Å². The molecule has 2 bridgehead atoms. The van der Waals surface area contributed by atoms with Crippen LogP contribution in [0.4, 0.5) is 20.4 Å². The number of aryl methyl sites for hydroxylation is 3. The molecule has 0 unspecified atom stereocenters. The Balaban J connectivity index is 1.38. The Labute approximate surface area is 187 Å². The highest BCUT2D eigenvalue weighted by Gasteiger charge is 2.58. The number of halogens is 2. The first-order valence-corrected chi connectivity index (χ1v) is 10.9. The molecule has 3 aromatic heterocycles. The summed E-state index contributed by atoms with van der Waals surface area (Å²) < 4.78 is 34.2. The molecule has 0 aliphatic heterocycles. The minimum Gasteiger partial charge on any atom is -0.324 e. The van der Waals surface area contributed by atoms with Crippen LogP contribution in [0.1, 0.15) is 30.9 Å². The van der Waals surface area contributed by atoms with Gasteiger partial charge in [-0.3, -0.25) is 13.8 Å². The average Bonchev–Trinajstić information content (AvgIpc) is 3.47. The van der Waals surface area contributed by atoms with E-state index in [1.165, 1.54) is 10.6 Å². The van der Waals surface area contributed by atoms with Gasteiger partial charge in [-0.05, 0) is 43.4 Å².